The lowest BCUT2D eigenvalue weighted by atomic mass is 10.2. The standard InChI is InChI=1S/C16H22N2OS2/c1-3-4-5-9-18(2)16(19)17-14-8-6-7-13(12-14)15-20-10-11-21-15/h3,6-8,12,15H,1,4-5,9-11H2,2H3,(H,17,19). The number of nitrogens with zero attached hydrogens (tertiary/aromatic N) is 1. The van der Waals surface area contributed by atoms with Crippen LogP contribution in [0.25, 0.3) is 0 Å². The molecule has 0 atom stereocenters. The van der Waals surface area contributed by atoms with Gasteiger partial charge in [0.2, 0.25) is 0 Å². The number of anilines is 1. The Morgan fingerprint density at radius 3 is 2.95 bits per heavy atom. The minimum atomic E-state index is -0.0528. The zero-order chi connectivity index (χ0) is 15.1. The van der Waals surface area contributed by atoms with E-state index in [1.54, 1.807) is 4.90 Å². The number of thioether (sulfide) groups is 2. The fourth-order valence-corrected chi connectivity index (χ4v) is 4.95. The maximum Gasteiger partial charge on any atom is 0.321 e. The van der Waals surface area contributed by atoms with Crippen LogP contribution in [-0.4, -0.2) is 36.0 Å². The van der Waals surface area contributed by atoms with Crippen LogP contribution in [0.3, 0.4) is 0 Å². The maximum absolute atomic E-state index is 12.1. The van der Waals surface area contributed by atoms with E-state index in [-0.39, 0.29) is 6.03 Å². The largest absolute Gasteiger partial charge is 0.328 e. The Labute approximate surface area is 135 Å². The van der Waals surface area contributed by atoms with Crippen molar-refractivity contribution in [3.8, 4) is 0 Å². The van der Waals surface area contributed by atoms with Gasteiger partial charge in [-0.25, -0.2) is 4.79 Å². The predicted octanol–water partition coefficient (Wildman–Crippen LogP) is 4.60. The van der Waals surface area contributed by atoms with Crippen molar-refractivity contribution in [2.24, 2.45) is 0 Å². The molecule has 0 saturated carbocycles. The summed E-state index contributed by atoms with van der Waals surface area (Å²) in [6, 6.07) is 8.14. The smallest absolute Gasteiger partial charge is 0.321 e. The summed E-state index contributed by atoms with van der Waals surface area (Å²) in [5, 5.41) is 2.98. The first-order valence-corrected chi connectivity index (χ1v) is 9.26. The Hall–Kier alpha value is -1.07. The van der Waals surface area contributed by atoms with Gasteiger partial charge in [-0.2, -0.15) is 0 Å². The van der Waals surface area contributed by atoms with Gasteiger partial charge in [-0.05, 0) is 30.5 Å². The highest BCUT2D eigenvalue weighted by Crippen LogP contribution is 2.45. The van der Waals surface area contributed by atoms with Gasteiger partial charge in [0, 0.05) is 30.8 Å². The molecule has 2 rings (SSSR count). The Morgan fingerprint density at radius 2 is 2.24 bits per heavy atom. The Balaban J connectivity index is 1.91. The molecular formula is C16H22N2OS2. The molecule has 3 nitrogen and oxygen atoms in total. The van der Waals surface area contributed by atoms with Crippen LogP contribution in [0, 0.1) is 0 Å². The van der Waals surface area contributed by atoms with Gasteiger partial charge in [0.05, 0.1) is 4.58 Å². The molecule has 1 aromatic rings. The van der Waals surface area contributed by atoms with Crippen LogP contribution >= 0.6 is 23.5 Å². The van der Waals surface area contributed by atoms with Crippen LogP contribution in [-0.2, 0) is 0 Å². The molecule has 0 bridgehead atoms. The summed E-state index contributed by atoms with van der Waals surface area (Å²) in [6.45, 7) is 4.44. The van der Waals surface area contributed by atoms with E-state index < -0.39 is 0 Å². The quantitative estimate of drug-likeness (QED) is 0.614. The first kappa shape index (κ1) is 16.3. The number of hydrogen-bond acceptors (Lipinski definition) is 3. The summed E-state index contributed by atoms with van der Waals surface area (Å²) >= 11 is 3.95. The number of carbonyl (C=O) groups excluding carboxylic acids is 1. The van der Waals surface area contributed by atoms with Crippen molar-refractivity contribution < 1.29 is 4.79 Å². The molecule has 5 heteroatoms. The highest BCUT2D eigenvalue weighted by molar-refractivity contribution is 8.19. The third-order valence-corrected chi connectivity index (χ3v) is 6.38. The van der Waals surface area contributed by atoms with Crippen molar-refractivity contribution >= 4 is 35.2 Å². The zero-order valence-electron chi connectivity index (χ0n) is 12.4. The summed E-state index contributed by atoms with van der Waals surface area (Å²) < 4.78 is 0.507. The van der Waals surface area contributed by atoms with Gasteiger partial charge < -0.3 is 10.2 Å². The SMILES string of the molecule is C=CCCCN(C)C(=O)Nc1cccc(C2SCCS2)c1. The molecular weight excluding hydrogens is 300 g/mol. The van der Waals surface area contributed by atoms with E-state index in [1.807, 2.05) is 48.8 Å². The van der Waals surface area contributed by atoms with Crippen LogP contribution in [0.4, 0.5) is 10.5 Å². The molecule has 1 aliphatic rings. The predicted molar refractivity (Wildman–Crippen MR) is 95.2 cm³/mol. The molecule has 0 aliphatic carbocycles. The van der Waals surface area contributed by atoms with E-state index in [0.717, 1.165) is 25.1 Å². The second kappa shape index (κ2) is 8.39. The van der Waals surface area contributed by atoms with Gasteiger partial charge in [0.15, 0.2) is 0 Å². The molecule has 1 fully saturated rings. The van der Waals surface area contributed by atoms with E-state index in [2.05, 4.69) is 24.0 Å². The number of allylic oxidation sites excluding steroid dienone is 1. The lowest BCUT2D eigenvalue weighted by molar-refractivity contribution is 0.222. The van der Waals surface area contributed by atoms with E-state index in [0.29, 0.717) is 4.58 Å². The monoisotopic (exact) mass is 322 g/mol. The molecule has 1 N–H and O–H groups in total. The summed E-state index contributed by atoms with van der Waals surface area (Å²) in [6.07, 6.45) is 3.76. The molecule has 0 radical (unpaired) electrons. The molecule has 2 amide bonds. The molecule has 0 aromatic heterocycles. The highest BCUT2D eigenvalue weighted by atomic mass is 32.2. The lowest BCUT2D eigenvalue weighted by Gasteiger charge is -2.18. The van der Waals surface area contributed by atoms with Crippen LogP contribution in [0.2, 0.25) is 0 Å². The molecule has 1 saturated heterocycles. The van der Waals surface area contributed by atoms with Gasteiger partial charge in [0.25, 0.3) is 0 Å². The first-order chi connectivity index (χ1) is 10.2. The van der Waals surface area contributed by atoms with Gasteiger partial charge in [0.1, 0.15) is 0 Å². The van der Waals surface area contributed by atoms with Crippen LogP contribution in [0.15, 0.2) is 36.9 Å². The van der Waals surface area contributed by atoms with E-state index in [9.17, 15) is 4.79 Å². The number of hydrogen-bond donors (Lipinski definition) is 1. The van der Waals surface area contributed by atoms with Gasteiger partial charge in [-0.3, -0.25) is 0 Å². The Bertz CT molecular complexity index is 487. The maximum atomic E-state index is 12.1. The number of carbonyl (C=O) groups is 1. The second-order valence-corrected chi connectivity index (χ2v) is 7.71. The number of amides is 2. The highest BCUT2D eigenvalue weighted by Gasteiger charge is 2.18. The van der Waals surface area contributed by atoms with Crippen molar-refractivity contribution in [1.82, 2.24) is 4.90 Å². The first-order valence-electron chi connectivity index (χ1n) is 7.17. The van der Waals surface area contributed by atoms with E-state index in [4.69, 9.17) is 0 Å². The van der Waals surface area contributed by atoms with E-state index >= 15 is 0 Å². The number of nitrogens with one attached hydrogen (secondary N) is 1. The van der Waals surface area contributed by atoms with Crippen LogP contribution < -0.4 is 5.32 Å². The number of unbranched alkanes of at least 4 members (excludes halogenated alkanes) is 1. The molecule has 21 heavy (non-hydrogen) atoms. The van der Waals surface area contributed by atoms with Crippen molar-refractivity contribution in [3.63, 3.8) is 0 Å². The third kappa shape index (κ3) is 5.00. The molecule has 1 aliphatic heterocycles. The average Bonchev–Trinajstić information content (AvgIpc) is 3.02. The number of rotatable bonds is 6. The summed E-state index contributed by atoms with van der Waals surface area (Å²) in [5.74, 6) is 2.41. The zero-order valence-corrected chi connectivity index (χ0v) is 14.0. The Morgan fingerprint density at radius 1 is 1.48 bits per heavy atom. The lowest BCUT2D eigenvalue weighted by Crippen LogP contribution is -2.32. The molecule has 1 heterocycles. The summed E-state index contributed by atoms with van der Waals surface area (Å²) in [5.41, 5.74) is 2.16. The van der Waals surface area contributed by atoms with E-state index in [1.165, 1.54) is 17.1 Å². The summed E-state index contributed by atoms with van der Waals surface area (Å²) in [4.78, 5) is 13.8. The van der Waals surface area contributed by atoms with Crippen molar-refractivity contribution in [3.05, 3.63) is 42.5 Å². The molecule has 0 spiro atoms. The minimum Gasteiger partial charge on any atom is -0.328 e. The van der Waals surface area contributed by atoms with Gasteiger partial charge in [-0.1, -0.05) is 18.2 Å². The molecule has 0 unspecified atom stereocenters. The van der Waals surface area contributed by atoms with Gasteiger partial charge >= 0.3 is 6.03 Å². The van der Waals surface area contributed by atoms with Gasteiger partial charge in [-0.15, -0.1) is 30.1 Å². The third-order valence-electron chi connectivity index (χ3n) is 3.28. The Kier molecular flexibility index (Phi) is 6.51. The normalized spacial score (nSPS) is 14.9. The topological polar surface area (TPSA) is 32.3 Å². The van der Waals surface area contributed by atoms with Crippen molar-refractivity contribution in [2.45, 2.75) is 17.4 Å². The van der Waals surface area contributed by atoms with Crippen molar-refractivity contribution in [1.29, 1.82) is 0 Å². The van der Waals surface area contributed by atoms with Crippen molar-refractivity contribution in [2.75, 3.05) is 30.4 Å². The fourth-order valence-electron chi connectivity index (χ4n) is 2.11. The van der Waals surface area contributed by atoms with Crippen LogP contribution in [0.1, 0.15) is 23.0 Å². The second-order valence-electron chi connectivity index (χ2n) is 4.98. The summed E-state index contributed by atoms with van der Waals surface area (Å²) in [7, 11) is 1.82. The number of urea groups is 1. The number of benzene rings is 1. The average molecular weight is 322 g/mol. The fraction of sp³-hybridized carbons (Fsp3) is 0.438. The molecule has 114 valence electrons. The van der Waals surface area contributed by atoms with Crippen LogP contribution in [0.5, 0.6) is 0 Å². The minimum absolute atomic E-state index is 0.0528. The molecule has 1 aromatic carbocycles.